The maximum absolute atomic E-state index is 10.8. The van der Waals surface area contributed by atoms with Crippen molar-refractivity contribution in [3.8, 4) is 0 Å². The van der Waals surface area contributed by atoms with Crippen molar-refractivity contribution in [2.75, 3.05) is 7.11 Å². The Bertz CT molecular complexity index is 381. The van der Waals surface area contributed by atoms with Gasteiger partial charge >= 0.3 is 6.09 Å². The molecule has 0 fully saturated rings. The van der Waals surface area contributed by atoms with Gasteiger partial charge in [-0.2, -0.15) is 0 Å². The second kappa shape index (κ2) is 6.64. The van der Waals surface area contributed by atoms with E-state index < -0.39 is 6.09 Å². The van der Waals surface area contributed by atoms with E-state index in [9.17, 15) is 4.79 Å². The lowest BCUT2D eigenvalue weighted by molar-refractivity contribution is 0.176. The summed E-state index contributed by atoms with van der Waals surface area (Å²) in [5, 5.41) is 5.52. The lowest BCUT2D eigenvalue weighted by atomic mass is 10.2. The SMILES string of the molecule is COC(=O)NC(=S)NCc1ccc(I)cc1. The van der Waals surface area contributed by atoms with Gasteiger partial charge in [-0.3, -0.25) is 5.32 Å². The Morgan fingerprint density at radius 3 is 2.62 bits per heavy atom. The van der Waals surface area contributed by atoms with Gasteiger partial charge in [0, 0.05) is 10.1 Å². The number of alkyl carbamates (subject to hydrolysis) is 1. The normalized spacial score (nSPS) is 9.38. The molecule has 86 valence electrons. The van der Waals surface area contributed by atoms with E-state index in [0.717, 1.165) is 5.56 Å². The third kappa shape index (κ3) is 4.75. The number of rotatable bonds is 2. The Kier molecular flexibility index (Phi) is 5.47. The Morgan fingerprint density at radius 1 is 1.44 bits per heavy atom. The molecule has 6 heteroatoms. The van der Waals surface area contributed by atoms with E-state index >= 15 is 0 Å². The third-order valence-electron chi connectivity index (χ3n) is 1.77. The number of carbonyl (C=O) groups is 1. The van der Waals surface area contributed by atoms with Gasteiger partial charge in [-0.25, -0.2) is 4.79 Å². The fourth-order valence-electron chi connectivity index (χ4n) is 0.973. The highest BCUT2D eigenvalue weighted by Crippen LogP contribution is 2.06. The Balaban J connectivity index is 2.37. The molecule has 2 N–H and O–H groups in total. The average Bonchev–Trinajstić information content (AvgIpc) is 2.28. The summed E-state index contributed by atoms with van der Waals surface area (Å²) in [4.78, 5) is 10.8. The van der Waals surface area contributed by atoms with Crippen molar-refractivity contribution in [2.24, 2.45) is 0 Å². The lowest BCUT2D eigenvalue weighted by Crippen LogP contribution is -2.38. The van der Waals surface area contributed by atoms with Gasteiger partial charge in [0.05, 0.1) is 7.11 Å². The fourth-order valence-corrected chi connectivity index (χ4v) is 1.49. The van der Waals surface area contributed by atoms with Gasteiger partial charge in [0.2, 0.25) is 0 Å². The van der Waals surface area contributed by atoms with E-state index in [0.29, 0.717) is 6.54 Å². The van der Waals surface area contributed by atoms with Crippen LogP contribution in [0, 0.1) is 3.57 Å². The first-order valence-electron chi connectivity index (χ1n) is 4.49. The van der Waals surface area contributed by atoms with Crippen LogP contribution in [0.25, 0.3) is 0 Å². The minimum Gasteiger partial charge on any atom is -0.453 e. The standard InChI is InChI=1S/C10H11IN2O2S/c1-15-10(14)13-9(16)12-6-7-2-4-8(11)5-3-7/h2-5H,6H2,1H3,(H2,12,13,14,16). The molecule has 1 aromatic rings. The van der Waals surface area contributed by atoms with Crippen molar-refractivity contribution in [3.63, 3.8) is 0 Å². The van der Waals surface area contributed by atoms with Crippen LogP contribution in [0.2, 0.25) is 0 Å². The van der Waals surface area contributed by atoms with Gasteiger partial charge in [-0.1, -0.05) is 12.1 Å². The molecule has 0 spiro atoms. The number of nitrogens with one attached hydrogen (secondary N) is 2. The minimum atomic E-state index is -0.569. The molecule has 0 aromatic heterocycles. The highest BCUT2D eigenvalue weighted by Gasteiger charge is 2.02. The first kappa shape index (κ1) is 13.2. The molecule has 0 heterocycles. The molecule has 0 unspecified atom stereocenters. The molecule has 0 saturated heterocycles. The Hall–Kier alpha value is -0.890. The topological polar surface area (TPSA) is 50.4 Å². The van der Waals surface area contributed by atoms with Gasteiger partial charge in [0.25, 0.3) is 0 Å². The number of benzene rings is 1. The zero-order chi connectivity index (χ0) is 12.0. The number of halogens is 1. The summed E-state index contributed by atoms with van der Waals surface area (Å²) in [6.07, 6.45) is -0.569. The molecule has 0 radical (unpaired) electrons. The van der Waals surface area contributed by atoms with Gasteiger partial charge in [-0.05, 0) is 52.5 Å². The van der Waals surface area contributed by atoms with Crippen LogP contribution in [0.4, 0.5) is 4.79 Å². The second-order valence-electron chi connectivity index (χ2n) is 2.93. The number of methoxy groups -OCH3 is 1. The number of hydrogen-bond acceptors (Lipinski definition) is 3. The highest BCUT2D eigenvalue weighted by atomic mass is 127. The van der Waals surface area contributed by atoms with Crippen LogP contribution in [0.5, 0.6) is 0 Å². The first-order chi connectivity index (χ1) is 7.61. The van der Waals surface area contributed by atoms with Crippen molar-refractivity contribution in [1.29, 1.82) is 0 Å². The van der Waals surface area contributed by atoms with Crippen LogP contribution < -0.4 is 10.6 Å². The van der Waals surface area contributed by atoms with Crippen LogP contribution >= 0.6 is 34.8 Å². The van der Waals surface area contributed by atoms with E-state index in [1.54, 1.807) is 0 Å². The second-order valence-corrected chi connectivity index (χ2v) is 4.58. The molecule has 0 atom stereocenters. The quantitative estimate of drug-likeness (QED) is 0.633. The summed E-state index contributed by atoms with van der Waals surface area (Å²) in [6.45, 7) is 0.569. The van der Waals surface area contributed by atoms with Crippen LogP contribution in [0.1, 0.15) is 5.56 Å². The average molecular weight is 350 g/mol. The molecule has 0 aliphatic carbocycles. The molecule has 1 aromatic carbocycles. The monoisotopic (exact) mass is 350 g/mol. The van der Waals surface area contributed by atoms with E-state index in [-0.39, 0.29) is 5.11 Å². The number of thiocarbonyl (C=S) groups is 1. The van der Waals surface area contributed by atoms with E-state index in [2.05, 4.69) is 38.0 Å². The van der Waals surface area contributed by atoms with Crippen LogP contribution in [0.15, 0.2) is 24.3 Å². The fraction of sp³-hybridized carbons (Fsp3) is 0.200. The Morgan fingerprint density at radius 2 is 2.06 bits per heavy atom. The van der Waals surface area contributed by atoms with Crippen molar-refractivity contribution < 1.29 is 9.53 Å². The van der Waals surface area contributed by atoms with Crippen molar-refractivity contribution in [3.05, 3.63) is 33.4 Å². The largest absolute Gasteiger partial charge is 0.453 e. The van der Waals surface area contributed by atoms with Crippen LogP contribution in [-0.4, -0.2) is 18.3 Å². The Labute approximate surface area is 113 Å². The molecule has 1 rings (SSSR count). The zero-order valence-electron chi connectivity index (χ0n) is 8.62. The molecular weight excluding hydrogens is 339 g/mol. The van der Waals surface area contributed by atoms with Gasteiger partial charge in [0.1, 0.15) is 0 Å². The number of amides is 1. The van der Waals surface area contributed by atoms with Crippen molar-refractivity contribution >= 4 is 46.0 Å². The van der Waals surface area contributed by atoms with Crippen LogP contribution in [-0.2, 0) is 11.3 Å². The molecule has 0 saturated carbocycles. The predicted molar refractivity (Wildman–Crippen MR) is 74.1 cm³/mol. The zero-order valence-corrected chi connectivity index (χ0v) is 11.6. The number of carbonyl (C=O) groups excluding carboxylic acids is 1. The summed E-state index contributed by atoms with van der Waals surface area (Å²) >= 11 is 7.14. The summed E-state index contributed by atoms with van der Waals surface area (Å²) in [5.74, 6) is 0. The van der Waals surface area contributed by atoms with E-state index in [1.807, 2.05) is 24.3 Å². The highest BCUT2D eigenvalue weighted by molar-refractivity contribution is 14.1. The molecule has 0 aliphatic rings. The molecule has 0 aliphatic heterocycles. The molecule has 16 heavy (non-hydrogen) atoms. The molecular formula is C10H11IN2O2S. The number of hydrogen-bond donors (Lipinski definition) is 2. The molecule has 4 nitrogen and oxygen atoms in total. The van der Waals surface area contributed by atoms with Crippen molar-refractivity contribution in [1.82, 2.24) is 10.6 Å². The van der Waals surface area contributed by atoms with E-state index in [1.165, 1.54) is 10.7 Å². The number of ether oxygens (including phenoxy) is 1. The van der Waals surface area contributed by atoms with Crippen molar-refractivity contribution in [2.45, 2.75) is 6.54 Å². The third-order valence-corrected chi connectivity index (χ3v) is 2.73. The van der Waals surface area contributed by atoms with Crippen LogP contribution in [0.3, 0.4) is 0 Å². The first-order valence-corrected chi connectivity index (χ1v) is 5.98. The molecule has 1 amide bonds. The summed E-state index contributed by atoms with van der Waals surface area (Å²) < 4.78 is 5.59. The van der Waals surface area contributed by atoms with Gasteiger partial charge < -0.3 is 10.1 Å². The predicted octanol–water partition coefficient (Wildman–Crippen LogP) is 2.02. The van der Waals surface area contributed by atoms with E-state index in [4.69, 9.17) is 12.2 Å². The smallest absolute Gasteiger partial charge is 0.413 e. The summed E-state index contributed by atoms with van der Waals surface area (Å²) in [6, 6.07) is 8.01. The summed E-state index contributed by atoms with van der Waals surface area (Å²) in [5.41, 5.74) is 1.09. The van der Waals surface area contributed by atoms with Gasteiger partial charge in [-0.15, -0.1) is 0 Å². The minimum absolute atomic E-state index is 0.255. The maximum atomic E-state index is 10.8. The summed E-state index contributed by atoms with van der Waals surface area (Å²) in [7, 11) is 1.29. The maximum Gasteiger partial charge on any atom is 0.413 e. The molecule has 0 bridgehead atoms. The van der Waals surface area contributed by atoms with Gasteiger partial charge in [0.15, 0.2) is 5.11 Å². The lowest BCUT2D eigenvalue weighted by Gasteiger charge is -2.08.